The summed E-state index contributed by atoms with van der Waals surface area (Å²) in [5.41, 5.74) is 3.74. The van der Waals surface area contributed by atoms with Gasteiger partial charge in [-0.15, -0.1) is 0 Å². The fourth-order valence-corrected chi connectivity index (χ4v) is 4.40. The molecule has 4 rings (SSSR count). The van der Waals surface area contributed by atoms with Crippen molar-refractivity contribution in [3.05, 3.63) is 100 Å². The third kappa shape index (κ3) is 5.54. The van der Waals surface area contributed by atoms with E-state index in [2.05, 4.69) is 10.3 Å². The van der Waals surface area contributed by atoms with Crippen molar-refractivity contribution in [3.8, 4) is 0 Å². The Kier molecular flexibility index (Phi) is 7.20. The molecule has 0 aliphatic carbocycles. The zero-order valence-corrected chi connectivity index (χ0v) is 18.9. The summed E-state index contributed by atoms with van der Waals surface area (Å²) in [5, 5.41) is 14.9. The lowest BCUT2D eigenvalue weighted by molar-refractivity contribution is 0.0785. The van der Waals surface area contributed by atoms with Gasteiger partial charge in [0.1, 0.15) is 0 Å². The van der Waals surface area contributed by atoms with Crippen molar-refractivity contribution < 1.29 is 9.90 Å². The highest BCUT2D eigenvalue weighted by Crippen LogP contribution is 2.27. The van der Waals surface area contributed by atoms with E-state index in [1.54, 1.807) is 24.3 Å². The summed E-state index contributed by atoms with van der Waals surface area (Å²) in [6.07, 6.45) is 5.74. The minimum absolute atomic E-state index is 0.00875. The summed E-state index contributed by atoms with van der Waals surface area (Å²) in [7, 11) is 1.80. The van der Waals surface area contributed by atoms with Gasteiger partial charge in [-0.25, -0.2) is 0 Å². The molecule has 3 atom stereocenters. The molecule has 6 heteroatoms. The first-order valence-electron chi connectivity index (χ1n) is 10.9. The van der Waals surface area contributed by atoms with Gasteiger partial charge in [-0.05, 0) is 66.3 Å². The maximum atomic E-state index is 12.7. The van der Waals surface area contributed by atoms with Crippen molar-refractivity contribution in [2.45, 2.75) is 44.0 Å². The van der Waals surface area contributed by atoms with Gasteiger partial charge < -0.3 is 15.3 Å². The second-order valence-electron chi connectivity index (χ2n) is 8.47. The van der Waals surface area contributed by atoms with Crippen LogP contribution in [0.4, 0.5) is 0 Å². The molecule has 0 unspecified atom stereocenters. The lowest BCUT2D eigenvalue weighted by Gasteiger charge is -2.21. The Morgan fingerprint density at radius 1 is 1.12 bits per heavy atom. The predicted molar refractivity (Wildman–Crippen MR) is 127 cm³/mol. The van der Waals surface area contributed by atoms with Gasteiger partial charge in [0.15, 0.2) is 0 Å². The van der Waals surface area contributed by atoms with Crippen LogP contribution >= 0.6 is 11.6 Å². The van der Waals surface area contributed by atoms with Gasteiger partial charge in [0.2, 0.25) is 0 Å². The summed E-state index contributed by atoms with van der Waals surface area (Å²) in [6, 6.07) is 19.4. The van der Waals surface area contributed by atoms with Gasteiger partial charge in [-0.1, -0.05) is 41.9 Å². The van der Waals surface area contributed by atoms with Crippen LogP contribution in [0.2, 0.25) is 5.02 Å². The summed E-state index contributed by atoms with van der Waals surface area (Å²) in [4.78, 5) is 18.5. The Morgan fingerprint density at radius 2 is 1.88 bits per heavy atom. The first-order chi connectivity index (χ1) is 15.5. The number of carbonyl (C=O) groups is 1. The van der Waals surface area contributed by atoms with E-state index in [4.69, 9.17) is 11.6 Å². The van der Waals surface area contributed by atoms with Crippen LogP contribution in [-0.2, 0) is 13.0 Å². The van der Waals surface area contributed by atoms with E-state index in [0.717, 1.165) is 30.4 Å². The number of aliphatic hydroxyl groups excluding tert-OH is 1. The van der Waals surface area contributed by atoms with Crippen LogP contribution in [0.5, 0.6) is 0 Å². The molecule has 1 saturated heterocycles. The molecule has 5 nitrogen and oxygen atoms in total. The maximum absolute atomic E-state index is 12.7. The molecular formula is C26H28ClN3O2. The van der Waals surface area contributed by atoms with Crippen molar-refractivity contribution in [2.75, 3.05) is 7.05 Å². The third-order valence-corrected chi connectivity index (χ3v) is 6.29. The molecule has 0 saturated carbocycles. The smallest absolute Gasteiger partial charge is 0.253 e. The maximum Gasteiger partial charge on any atom is 0.253 e. The van der Waals surface area contributed by atoms with Crippen molar-refractivity contribution >= 4 is 17.5 Å². The van der Waals surface area contributed by atoms with Gasteiger partial charge in [0.25, 0.3) is 5.91 Å². The van der Waals surface area contributed by atoms with Gasteiger partial charge in [-0.3, -0.25) is 9.78 Å². The van der Waals surface area contributed by atoms with Gasteiger partial charge in [0.05, 0.1) is 6.10 Å². The van der Waals surface area contributed by atoms with E-state index < -0.39 is 6.10 Å². The molecule has 2 N–H and O–H groups in total. The normalized spacial score (nSPS) is 19.0. The highest BCUT2D eigenvalue weighted by molar-refractivity contribution is 6.30. The van der Waals surface area contributed by atoms with E-state index in [-0.39, 0.29) is 11.9 Å². The van der Waals surface area contributed by atoms with E-state index in [1.807, 2.05) is 60.7 Å². The molecule has 166 valence electrons. The number of hydrogen-bond acceptors (Lipinski definition) is 4. The molecule has 2 heterocycles. The van der Waals surface area contributed by atoms with Crippen LogP contribution < -0.4 is 5.32 Å². The Balaban J connectivity index is 1.31. The number of rotatable bonds is 7. The number of amides is 1. The van der Waals surface area contributed by atoms with Crippen molar-refractivity contribution in [1.82, 2.24) is 15.2 Å². The van der Waals surface area contributed by atoms with Gasteiger partial charge in [-0.2, -0.15) is 0 Å². The first-order valence-corrected chi connectivity index (χ1v) is 11.3. The number of carbonyl (C=O) groups excluding carboxylic acids is 1. The van der Waals surface area contributed by atoms with E-state index >= 15 is 0 Å². The SMILES string of the molecule is CN(Cc1cccnc1)C(=O)c1ccc(C[C@@H]2CC[C@H]([C@H](O)c3ccc(Cl)cc3)N2)cc1. The molecule has 1 fully saturated rings. The van der Waals surface area contributed by atoms with E-state index in [9.17, 15) is 9.90 Å². The monoisotopic (exact) mass is 449 g/mol. The van der Waals surface area contributed by atoms with Crippen LogP contribution in [0.15, 0.2) is 73.1 Å². The average Bonchev–Trinajstić information content (AvgIpc) is 3.28. The van der Waals surface area contributed by atoms with Crippen molar-refractivity contribution in [1.29, 1.82) is 0 Å². The fraction of sp³-hybridized carbons (Fsp3) is 0.308. The first kappa shape index (κ1) is 22.5. The van der Waals surface area contributed by atoms with Crippen LogP contribution in [0.3, 0.4) is 0 Å². The largest absolute Gasteiger partial charge is 0.387 e. The molecule has 2 aromatic carbocycles. The molecule has 1 amide bonds. The number of halogens is 1. The minimum atomic E-state index is -0.549. The molecule has 0 bridgehead atoms. The van der Waals surface area contributed by atoms with Crippen LogP contribution in [0, 0.1) is 0 Å². The van der Waals surface area contributed by atoms with Crippen LogP contribution in [0.25, 0.3) is 0 Å². The van der Waals surface area contributed by atoms with Crippen molar-refractivity contribution in [2.24, 2.45) is 0 Å². The lowest BCUT2D eigenvalue weighted by Crippen LogP contribution is -2.35. The number of aromatic nitrogens is 1. The number of benzene rings is 2. The third-order valence-electron chi connectivity index (χ3n) is 6.04. The lowest BCUT2D eigenvalue weighted by atomic mass is 10.0. The van der Waals surface area contributed by atoms with Crippen LogP contribution in [-0.4, -0.2) is 40.0 Å². The molecule has 1 aliphatic rings. The highest BCUT2D eigenvalue weighted by atomic mass is 35.5. The zero-order chi connectivity index (χ0) is 22.5. The zero-order valence-electron chi connectivity index (χ0n) is 18.1. The van der Waals surface area contributed by atoms with E-state index in [1.165, 1.54) is 5.56 Å². The van der Waals surface area contributed by atoms with E-state index in [0.29, 0.717) is 23.2 Å². The standard InChI is InChI=1S/C26H28ClN3O2/c1-30(17-19-3-2-14-28-16-19)26(32)21-6-4-18(5-7-21)15-23-12-13-24(29-23)25(31)20-8-10-22(27)11-9-20/h2-11,14,16,23-25,29,31H,12-13,15,17H2,1H3/t23-,24+,25+/m0/s1. The average molecular weight is 450 g/mol. The Morgan fingerprint density at radius 3 is 2.56 bits per heavy atom. The Labute approximate surface area is 194 Å². The fourth-order valence-electron chi connectivity index (χ4n) is 4.28. The second kappa shape index (κ2) is 10.3. The second-order valence-corrected chi connectivity index (χ2v) is 8.90. The van der Waals surface area contributed by atoms with Gasteiger partial charge >= 0.3 is 0 Å². The van der Waals surface area contributed by atoms with Crippen molar-refractivity contribution in [3.63, 3.8) is 0 Å². The molecule has 0 radical (unpaired) electrons. The van der Waals surface area contributed by atoms with Gasteiger partial charge in [0, 0.05) is 48.7 Å². The molecule has 1 aromatic heterocycles. The number of nitrogens with one attached hydrogen (secondary N) is 1. The number of hydrogen-bond donors (Lipinski definition) is 2. The molecule has 1 aliphatic heterocycles. The number of nitrogens with zero attached hydrogens (tertiary/aromatic N) is 2. The topological polar surface area (TPSA) is 65.5 Å². The molecule has 3 aromatic rings. The number of pyridine rings is 1. The summed E-state index contributed by atoms with van der Waals surface area (Å²) in [6.45, 7) is 0.526. The Hall–Kier alpha value is -2.73. The Bertz CT molecular complexity index is 1030. The quantitative estimate of drug-likeness (QED) is 0.561. The molecular weight excluding hydrogens is 422 g/mol. The number of aliphatic hydroxyl groups is 1. The molecule has 32 heavy (non-hydrogen) atoms. The highest BCUT2D eigenvalue weighted by Gasteiger charge is 2.30. The predicted octanol–water partition coefficient (Wildman–Crippen LogP) is 4.40. The molecule has 0 spiro atoms. The van der Waals surface area contributed by atoms with Crippen LogP contribution in [0.1, 0.15) is 46.0 Å². The summed E-state index contributed by atoms with van der Waals surface area (Å²) < 4.78 is 0. The summed E-state index contributed by atoms with van der Waals surface area (Å²) >= 11 is 5.95. The summed E-state index contributed by atoms with van der Waals surface area (Å²) in [5.74, 6) is -0.00875. The minimum Gasteiger partial charge on any atom is -0.387 e.